The van der Waals surface area contributed by atoms with E-state index < -0.39 is 0 Å². The van der Waals surface area contributed by atoms with Crippen LogP contribution in [0.2, 0.25) is 0 Å². The van der Waals surface area contributed by atoms with E-state index in [0.29, 0.717) is 0 Å². The Hall–Kier alpha value is -1.99. The van der Waals surface area contributed by atoms with Gasteiger partial charge in [-0.15, -0.1) is 11.3 Å². The van der Waals surface area contributed by atoms with E-state index in [-0.39, 0.29) is 6.04 Å². The summed E-state index contributed by atoms with van der Waals surface area (Å²) in [6.45, 7) is 4.77. The number of piperazine rings is 1. The van der Waals surface area contributed by atoms with Gasteiger partial charge in [0.25, 0.3) is 0 Å². The molecule has 1 saturated heterocycles. The summed E-state index contributed by atoms with van der Waals surface area (Å²) in [5.41, 5.74) is 0. The maximum Gasteiger partial charge on any atom is 0.193 e. The zero-order valence-electron chi connectivity index (χ0n) is 15.2. The Balaban J connectivity index is 1.54. The van der Waals surface area contributed by atoms with Gasteiger partial charge in [0.15, 0.2) is 5.96 Å². The molecule has 0 radical (unpaired) electrons. The van der Waals surface area contributed by atoms with E-state index in [2.05, 4.69) is 56.6 Å². The topological polar surface area (TPSA) is 47.3 Å². The van der Waals surface area contributed by atoms with Crippen LogP contribution in [0.25, 0.3) is 0 Å². The van der Waals surface area contributed by atoms with Crippen molar-refractivity contribution in [1.29, 1.82) is 0 Å². The second-order valence-electron chi connectivity index (χ2n) is 6.35. The van der Waals surface area contributed by atoms with E-state index in [1.807, 2.05) is 19.2 Å². The van der Waals surface area contributed by atoms with Crippen LogP contribution in [0.4, 0.5) is 5.00 Å². The monoisotopic (exact) mass is 361 g/mol. The lowest BCUT2D eigenvalue weighted by Gasteiger charge is -2.37. The van der Waals surface area contributed by atoms with Crippen molar-refractivity contribution in [2.75, 3.05) is 58.8 Å². The highest BCUT2D eigenvalue weighted by atomic mass is 32.1. The smallest absolute Gasteiger partial charge is 0.193 e. The number of likely N-dealkylation sites (N-methyl/N-ethyl adjacent to an activating group) is 1. The zero-order valence-corrected chi connectivity index (χ0v) is 16.0. The molecule has 0 amide bonds. The number of hydrogen-bond donors (Lipinski definition) is 1. The van der Waals surface area contributed by atoms with Gasteiger partial charge in [-0.25, -0.2) is 0 Å². The van der Waals surface area contributed by atoms with Gasteiger partial charge >= 0.3 is 0 Å². The number of guanidine groups is 1. The van der Waals surface area contributed by atoms with Gasteiger partial charge in [-0.05, 0) is 43.7 Å². The Morgan fingerprint density at radius 1 is 1.28 bits per heavy atom. The molecule has 2 aromatic rings. The van der Waals surface area contributed by atoms with E-state index in [4.69, 9.17) is 4.42 Å². The summed E-state index contributed by atoms with van der Waals surface area (Å²) in [7, 11) is 5.99. The molecule has 1 unspecified atom stereocenters. The van der Waals surface area contributed by atoms with Gasteiger partial charge in [-0.3, -0.25) is 9.89 Å². The zero-order chi connectivity index (χ0) is 17.6. The summed E-state index contributed by atoms with van der Waals surface area (Å²) in [5.74, 6) is 1.93. The second kappa shape index (κ2) is 8.40. The summed E-state index contributed by atoms with van der Waals surface area (Å²) in [6, 6.07) is 8.44. The first-order valence-corrected chi connectivity index (χ1v) is 9.51. The number of rotatable bonds is 5. The fourth-order valence-corrected chi connectivity index (χ4v) is 3.91. The Kier molecular flexibility index (Phi) is 5.99. The number of anilines is 1. The first kappa shape index (κ1) is 17.8. The van der Waals surface area contributed by atoms with Crippen molar-refractivity contribution >= 4 is 22.3 Å². The maximum absolute atomic E-state index is 5.58. The number of thiophene rings is 1. The fourth-order valence-electron chi connectivity index (χ4n) is 3.13. The molecule has 136 valence electrons. The second-order valence-corrected chi connectivity index (χ2v) is 7.27. The van der Waals surface area contributed by atoms with Crippen molar-refractivity contribution in [1.82, 2.24) is 15.1 Å². The van der Waals surface area contributed by atoms with Crippen LogP contribution < -0.4 is 10.2 Å². The van der Waals surface area contributed by atoms with Crippen molar-refractivity contribution in [2.24, 2.45) is 4.99 Å². The van der Waals surface area contributed by atoms with Gasteiger partial charge in [-0.1, -0.05) is 0 Å². The predicted octanol–water partition coefficient (Wildman–Crippen LogP) is 2.34. The van der Waals surface area contributed by atoms with Gasteiger partial charge in [-0.2, -0.15) is 0 Å². The molecule has 1 fully saturated rings. The fraction of sp³-hybridized carbons (Fsp3) is 0.500. The van der Waals surface area contributed by atoms with E-state index in [9.17, 15) is 0 Å². The molecule has 6 nitrogen and oxygen atoms in total. The quantitative estimate of drug-likeness (QED) is 0.654. The number of nitrogens with zero attached hydrogens (tertiary/aromatic N) is 4. The van der Waals surface area contributed by atoms with Crippen molar-refractivity contribution in [3.05, 3.63) is 41.7 Å². The molecule has 3 rings (SSSR count). The Bertz CT molecular complexity index is 645. The molecule has 0 aliphatic carbocycles. The first-order valence-electron chi connectivity index (χ1n) is 8.63. The Morgan fingerprint density at radius 2 is 2.08 bits per heavy atom. The molecule has 0 aromatic carbocycles. The highest BCUT2D eigenvalue weighted by molar-refractivity contribution is 7.14. The number of nitrogens with one attached hydrogen (secondary N) is 1. The molecule has 1 aliphatic rings. The summed E-state index contributed by atoms with van der Waals surface area (Å²) < 4.78 is 5.58. The van der Waals surface area contributed by atoms with Crippen molar-refractivity contribution in [2.45, 2.75) is 6.04 Å². The van der Waals surface area contributed by atoms with Crippen LogP contribution in [-0.4, -0.2) is 69.6 Å². The van der Waals surface area contributed by atoms with Crippen LogP contribution in [-0.2, 0) is 0 Å². The van der Waals surface area contributed by atoms with Gasteiger partial charge in [0.2, 0.25) is 0 Å². The summed E-state index contributed by atoms with van der Waals surface area (Å²) >= 11 is 1.81. The first-order chi connectivity index (χ1) is 12.2. The molecular formula is C18H27N5OS. The van der Waals surface area contributed by atoms with E-state index in [1.165, 1.54) is 5.00 Å². The molecule has 25 heavy (non-hydrogen) atoms. The third kappa shape index (κ3) is 4.35. The number of aliphatic imine (C=N–C) groups is 1. The SMILES string of the molecule is CN=C(NCC(c1ccco1)N(C)C)N1CCN(c2cccs2)CC1. The molecule has 0 spiro atoms. The average molecular weight is 362 g/mol. The summed E-state index contributed by atoms with van der Waals surface area (Å²) in [5, 5.41) is 7.01. The molecule has 1 aliphatic heterocycles. The lowest BCUT2D eigenvalue weighted by molar-refractivity contribution is 0.255. The molecule has 1 atom stereocenters. The van der Waals surface area contributed by atoms with Crippen molar-refractivity contribution < 1.29 is 4.42 Å². The lowest BCUT2D eigenvalue weighted by atomic mass is 10.2. The lowest BCUT2D eigenvalue weighted by Crippen LogP contribution is -2.53. The van der Waals surface area contributed by atoms with Crippen molar-refractivity contribution in [3.63, 3.8) is 0 Å². The Labute approximate surface area is 153 Å². The minimum absolute atomic E-state index is 0.180. The van der Waals surface area contributed by atoms with Gasteiger partial charge in [0, 0.05) is 39.8 Å². The van der Waals surface area contributed by atoms with E-state index in [1.54, 1.807) is 17.6 Å². The summed E-state index contributed by atoms with van der Waals surface area (Å²) in [6.07, 6.45) is 1.73. The molecule has 2 aromatic heterocycles. The highest BCUT2D eigenvalue weighted by Gasteiger charge is 2.22. The number of hydrogen-bond acceptors (Lipinski definition) is 5. The van der Waals surface area contributed by atoms with Crippen LogP contribution >= 0.6 is 11.3 Å². The van der Waals surface area contributed by atoms with Gasteiger partial charge in [0.05, 0.1) is 17.3 Å². The van der Waals surface area contributed by atoms with Crippen LogP contribution in [0.15, 0.2) is 45.3 Å². The minimum atomic E-state index is 0.180. The third-order valence-electron chi connectivity index (χ3n) is 4.56. The molecule has 7 heteroatoms. The molecule has 1 N–H and O–H groups in total. The minimum Gasteiger partial charge on any atom is -0.468 e. The van der Waals surface area contributed by atoms with Crippen LogP contribution in [0.3, 0.4) is 0 Å². The van der Waals surface area contributed by atoms with Gasteiger partial charge < -0.3 is 19.5 Å². The molecular weight excluding hydrogens is 334 g/mol. The Morgan fingerprint density at radius 3 is 2.64 bits per heavy atom. The van der Waals surface area contributed by atoms with Crippen LogP contribution in [0.5, 0.6) is 0 Å². The van der Waals surface area contributed by atoms with E-state index in [0.717, 1.165) is 44.4 Å². The number of furan rings is 1. The maximum atomic E-state index is 5.58. The van der Waals surface area contributed by atoms with Crippen molar-refractivity contribution in [3.8, 4) is 0 Å². The van der Waals surface area contributed by atoms with Crippen LogP contribution in [0.1, 0.15) is 11.8 Å². The summed E-state index contributed by atoms with van der Waals surface area (Å²) in [4.78, 5) is 11.4. The van der Waals surface area contributed by atoms with E-state index >= 15 is 0 Å². The normalized spacial score (nSPS) is 17.2. The molecule has 0 bridgehead atoms. The highest BCUT2D eigenvalue weighted by Crippen LogP contribution is 2.22. The third-order valence-corrected chi connectivity index (χ3v) is 5.49. The standard InChI is InChI=1S/C18H27N5OS/c1-19-18(20-14-15(21(2)3)16-6-4-12-24-16)23-10-8-22(9-11-23)17-7-5-13-25-17/h4-7,12-13,15H,8-11,14H2,1-3H3,(H,19,20). The molecule has 3 heterocycles. The van der Waals surface area contributed by atoms with Gasteiger partial charge in [0.1, 0.15) is 5.76 Å². The largest absolute Gasteiger partial charge is 0.468 e. The predicted molar refractivity (Wildman–Crippen MR) is 105 cm³/mol. The molecule has 0 saturated carbocycles. The van der Waals surface area contributed by atoms with Crippen LogP contribution in [0, 0.1) is 0 Å². The average Bonchev–Trinajstić information content (AvgIpc) is 3.32.